The molecule has 3 nitrogen and oxygen atoms in total. The first-order valence-electron chi connectivity index (χ1n) is 4.20. The summed E-state index contributed by atoms with van der Waals surface area (Å²) in [5, 5.41) is 0. The van der Waals surface area contributed by atoms with Gasteiger partial charge in [0.1, 0.15) is 18.8 Å². The summed E-state index contributed by atoms with van der Waals surface area (Å²) >= 11 is 0. The highest BCUT2D eigenvalue weighted by Crippen LogP contribution is 2.03. The maximum Gasteiger partial charge on any atom is 0.140 e. The Morgan fingerprint density at radius 2 is 2.36 bits per heavy atom. The highest BCUT2D eigenvalue weighted by molar-refractivity contribution is 5.15. The van der Waals surface area contributed by atoms with Gasteiger partial charge >= 0.3 is 0 Å². The molecule has 4 heteroatoms. The third-order valence-electron chi connectivity index (χ3n) is 1.75. The zero-order valence-electron chi connectivity index (χ0n) is 7.43. The monoisotopic (exact) mass is 192 g/mol. The van der Waals surface area contributed by atoms with Crippen molar-refractivity contribution in [3.63, 3.8) is 0 Å². The molecule has 2 aromatic rings. The lowest BCUT2D eigenvalue weighted by Gasteiger charge is -2.05. The Labute approximate surface area is 80.7 Å². The second kappa shape index (κ2) is 3.91. The standard InChI is InChI=1S/C10H9FN2O/c11-10-3-1-2-9(6-10)7-14-13-5-4-12-8-13/h1-6,8H,7H2. The smallest absolute Gasteiger partial charge is 0.140 e. The average Bonchev–Trinajstić information content (AvgIpc) is 2.67. The van der Waals surface area contributed by atoms with Crippen LogP contribution in [0.15, 0.2) is 43.0 Å². The fraction of sp³-hybridized carbons (Fsp3) is 0.100. The van der Waals surface area contributed by atoms with Crippen molar-refractivity contribution in [2.45, 2.75) is 6.61 Å². The Morgan fingerprint density at radius 1 is 1.43 bits per heavy atom. The van der Waals surface area contributed by atoms with Gasteiger partial charge < -0.3 is 4.84 Å². The minimum atomic E-state index is -0.253. The summed E-state index contributed by atoms with van der Waals surface area (Å²) in [6.45, 7) is 0.327. The van der Waals surface area contributed by atoms with Gasteiger partial charge in [0.25, 0.3) is 0 Å². The molecule has 0 saturated carbocycles. The highest BCUT2D eigenvalue weighted by atomic mass is 19.1. The SMILES string of the molecule is Fc1cccc(COn2ccnc2)c1. The summed E-state index contributed by atoms with van der Waals surface area (Å²) in [6, 6.07) is 6.31. The maximum atomic E-state index is 12.8. The predicted octanol–water partition coefficient (Wildman–Crippen LogP) is 1.65. The molecular formula is C10H9FN2O. The molecule has 0 aliphatic heterocycles. The van der Waals surface area contributed by atoms with E-state index < -0.39 is 0 Å². The molecule has 0 aliphatic carbocycles. The van der Waals surface area contributed by atoms with E-state index in [4.69, 9.17) is 4.84 Å². The molecular weight excluding hydrogens is 183 g/mol. The number of hydrogen-bond donors (Lipinski definition) is 0. The van der Waals surface area contributed by atoms with Crippen molar-refractivity contribution in [3.8, 4) is 0 Å². The van der Waals surface area contributed by atoms with Gasteiger partial charge in [0.15, 0.2) is 0 Å². The van der Waals surface area contributed by atoms with Crippen LogP contribution >= 0.6 is 0 Å². The summed E-state index contributed by atoms with van der Waals surface area (Å²) in [4.78, 5) is 9.09. The van der Waals surface area contributed by atoms with Crippen LogP contribution in [0.3, 0.4) is 0 Å². The van der Waals surface area contributed by atoms with Gasteiger partial charge in [0.2, 0.25) is 0 Å². The number of nitrogens with zero attached hydrogens (tertiary/aromatic N) is 2. The van der Waals surface area contributed by atoms with Gasteiger partial charge in [-0.3, -0.25) is 0 Å². The Kier molecular flexibility index (Phi) is 2.44. The third-order valence-corrected chi connectivity index (χ3v) is 1.75. The van der Waals surface area contributed by atoms with Crippen LogP contribution in [0.4, 0.5) is 4.39 Å². The molecule has 0 atom stereocenters. The first-order valence-corrected chi connectivity index (χ1v) is 4.20. The van der Waals surface area contributed by atoms with Crippen LogP contribution in [0.2, 0.25) is 0 Å². The van der Waals surface area contributed by atoms with E-state index in [1.165, 1.54) is 16.9 Å². The molecule has 1 aromatic carbocycles. The van der Waals surface area contributed by atoms with Crippen LogP contribution in [0.1, 0.15) is 5.56 Å². The van der Waals surface area contributed by atoms with Crippen LogP contribution < -0.4 is 4.84 Å². The van der Waals surface area contributed by atoms with E-state index >= 15 is 0 Å². The number of benzene rings is 1. The number of halogens is 1. The molecule has 1 aromatic heterocycles. The van der Waals surface area contributed by atoms with Gasteiger partial charge in [-0.2, -0.15) is 4.73 Å². The molecule has 14 heavy (non-hydrogen) atoms. The van der Waals surface area contributed by atoms with Gasteiger partial charge in [0.05, 0.1) is 6.20 Å². The highest BCUT2D eigenvalue weighted by Gasteiger charge is 1.96. The van der Waals surface area contributed by atoms with Crippen LogP contribution in [-0.4, -0.2) is 9.71 Å². The second-order valence-electron chi connectivity index (χ2n) is 2.83. The normalized spacial score (nSPS) is 10.1. The van der Waals surface area contributed by atoms with Gasteiger partial charge in [-0.25, -0.2) is 9.37 Å². The van der Waals surface area contributed by atoms with Gasteiger partial charge in [0, 0.05) is 6.20 Å². The first-order chi connectivity index (χ1) is 6.84. The predicted molar refractivity (Wildman–Crippen MR) is 48.9 cm³/mol. The Hall–Kier alpha value is -1.84. The Bertz CT molecular complexity index is 400. The molecule has 0 aliphatic rings. The van der Waals surface area contributed by atoms with E-state index in [2.05, 4.69) is 4.98 Å². The quantitative estimate of drug-likeness (QED) is 0.739. The van der Waals surface area contributed by atoms with Crippen molar-refractivity contribution in [1.29, 1.82) is 0 Å². The number of imidazole rings is 1. The van der Waals surface area contributed by atoms with Crippen molar-refractivity contribution in [2.75, 3.05) is 0 Å². The molecule has 72 valence electrons. The summed E-state index contributed by atoms with van der Waals surface area (Å²) in [7, 11) is 0. The molecule has 0 amide bonds. The van der Waals surface area contributed by atoms with Gasteiger partial charge in [-0.1, -0.05) is 12.1 Å². The van der Waals surface area contributed by atoms with Crippen molar-refractivity contribution < 1.29 is 9.23 Å². The van der Waals surface area contributed by atoms with E-state index in [1.54, 1.807) is 30.9 Å². The maximum absolute atomic E-state index is 12.8. The summed E-state index contributed by atoms with van der Waals surface area (Å²) in [5.41, 5.74) is 0.790. The lowest BCUT2D eigenvalue weighted by Crippen LogP contribution is -2.08. The molecule has 0 saturated heterocycles. The van der Waals surface area contributed by atoms with Crippen molar-refractivity contribution in [1.82, 2.24) is 9.71 Å². The summed E-state index contributed by atoms with van der Waals surface area (Å²) in [6.07, 6.45) is 4.84. The van der Waals surface area contributed by atoms with Crippen LogP contribution in [-0.2, 0) is 6.61 Å². The second-order valence-corrected chi connectivity index (χ2v) is 2.83. The zero-order chi connectivity index (χ0) is 9.80. The molecule has 0 N–H and O–H groups in total. The number of hydrogen-bond acceptors (Lipinski definition) is 2. The Morgan fingerprint density at radius 3 is 3.07 bits per heavy atom. The molecule has 0 fully saturated rings. The Balaban J connectivity index is 1.98. The van der Waals surface area contributed by atoms with Crippen molar-refractivity contribution >= 4 is 0 Å². The fourth-order valence-corrected chi connectivity index (χ4v) is 1.10. The van der Waals surface area contributed by atoms with E-state index in [1.807, 2.05) is 0 Å². The van der Waals surface area contributed by atoms with Crippen LogP contribution in [0.5, 0.6) is 0 Å². The van der Waals surface area contributed by atoms with Crippen molar-refractivity contribution in [2.24, 2.45) is 0 Å². The number of aromatic nitrogens is 2. The zero-order valence-corrected chi connectivity index (χ0v) is 7.43. The van der Waals surface area contributed by atoms with E-state index in [0.717, 1.165) is 5.56 Å². The summed E-state index contributed by atoms with van der Waals surface area (Å²) < 4.78 is 14.2. The van der Waals surface area contributed by atoms with Crippen LogP contribution in [0, 0.1) is 5.82 Å². The summed E-state index contributed by atoms with van der Waals surface area (Å²) in [5.74, 6) is -0.253. The minimum Gasteiger partial charge on any atom is -0.408 e. The molecule has 0 unspecified atom stereocenters. The molecule has 0 radical (unpaired) electrons. The van der Waals surface area contributed by atoms with E-state index in [9.17, 15) is 4.39 Å². The average molecular weight is 192 g/mol. The fourth-order valence-electron chi connectivity index (χ4n) is 1.10. The minimum absolute atomic E-state index is 0.253. The van der Waals surface area contributed by atoms with E-state index in [-0.39, 0.29) is 5.82 Å². The van der Waals surface area contributed by atoms with Gasteiger partial charge in [-0.15, -0.1) is 0 Å². The van der Waals surface area contributed by atoms with Crippen molar-refractivity contribution in [3.05, 3.63) is 54.4 Å². The molecule has 2 rings (SSSR count). The first kappa shape index (κ1) is 8.74. The third kappa shape index (κ3) is 2.10. The molecule has 0 bridgehead atoms. The lowest BCUT2D eigenvalue weighted by atomic mass is 10.2. The largest absolute Gasteiger partial charge is 0.408 e. The molecule has 1 heterocycles. The number of rotatable bonds is 3. The molecule has 0 spiro atoms. The topological polar surface area (TPSA) is 27.1 Å². The van der Waals surface area contributed by atoms with E-state index in [0.29, 0.717) is 6.61 Å². The lowest BCUT2D eigenvalue weighted by molar-refractivity contribution is 0.0967. The van der Waals surface area contributed by atoms with Gasteiger partial charge in [-0.05, 0) is 17.7 Å². The van der Waals surface area contributed by atoms with Crippen LogP contribution in [0.25, 0.3) is 0 Å².